The van der Waals surface area contributed by atoms with E-state index < -0.39 is 0 Å². The van der Waals surface area contributed by atoms with Gasteiger partial charge >= 0.3 is 0 Å². The molecule has 5 aromatic heterocycles. The van der Waals surface area contributed by atoms with Crippen LogP contribution in [0.5, 0.6) is 0 Å². The zero-order valence-corrected chi connectivity index (χ0v) is 28.3. The minimum atomic E-state index is 0.638. The lowest BCUT2D eigenvalue weighted by atomic mass is 10.0. The van der Waals surface area contributed by atoms with Gasteiger partial charge in [-0.15, -0.1) is 0 Å². The zero-order valence-electron chi connectivity index (χ0n) is 28.3. The van der Waals surface area contributed by atoms with Gasteiger partial charge in [0, 0.05) is 43.6 Å². The molecule has 0 aliphatic carbocycles. The lowest BCUT2D eigenvalue weighted by Gasteiger charge is -2.13. The van der Waals surface area contributed by atoms with Gasteiger partial charge in [0.15, 0.2) is 0 Å². The number of fused-ring (bicyclic) bond motifs is 15. The fourth-order valence-electron chi connectivity index (χ4n) is 8.65. The van der Waals surface area contributed by atoms with Crippen molar-refractivity contribution in [3.63, 3.8) is 0 Å². The molecule has 0 aliphatic heterocycles. The number of rotatable bonds is 3. The van der Waals surface area contributed by atoms with E-state index in [9.17, 15) is 0 Å². The molecule has 246 valence electrons. The van der Waals surface area contributed by atoms with E-state index in [0.717, 1.165) is 88.3 Å². The van der Waals surface area contributed by atoms with Gasteiger partial charge in [0.05, 0.1) is 38.8 Å². The first kappa shape index (κ1) is 28.4. The molecule has 6 nitrogen and oxygen atoms in total. The molecule has 0 radical (unpaired) electrons. The predicted octanol–water partition coefficient (Wildman–Crippen LogP) is 11.4. The number of imidazole rings is 1. The summed E-state index contributed by atoms with van der Waals surface area (Å²) in [6.45, 7) is 0. The van der Waals surface area contributed by atoms with Gasteiger partial charge in [0.25, 0.3) is 0 Å². The topological polar surface area (TPSA) is 52.9 Å². The number of benzene rings is 7. The van der Waals surface area contributed by atoms with Crippen LogP contribution in [-0.4, -0.2) is 28.5 Å². The lowest BCUT2D eigenvalue weighted by molar-refractivity contribution is 1.01. The normalized spacial score (nSPS) is 12.2. The van der Waals surface area contributed by atoms with Gasteiger partial charge in [-0.1, -0.05) is 121 Å². The maximum Gasteiger partial charge on any atom is 0.235 e. The highest BCUT2D eigenvalue weighted by atomic mass is 15.2. The Kier molecular flexibility index (Phi) is 5.68. The number of aromatic nitrogens is 6. The van der Waals surface area contributed by atoms with E-state index in [1.165, 1.54) is 10.8 Å². The molecule has 0 amide bonds. The van der Waals surface area contributed by atoms with Crippen molar-refractivity contribution < 1.29 is 0 Å². The molecule has 0 unspecified atom stereocenters. The number of pyridine rings is 1. The lowest BCUT2D eigenvalue weighted by Crippen LogP contribution is -2.03. The molecule has 12 aromatic rings. The summed E-state index contributed by atoms with van der Waals surface area (Å²) in [5.74, 6) is 0.638. The highest BCUT2D eigenvalue weighted by molar-refractivity contribution is 6.33. The van der Waals surface area contributed by atoms with E-state index in [1.54, 1.807) is 0 Å². The third-order valence-corrected chi connectivity index (χ3v) is 10.8. The van der Waals surface area contributed by atoms with Crippen molar-refractivity contribution in [2.75, 3.05) is 0 Å². The molecule has 0 fully saturated rings. The van der Waals surface area contributed by atoms with E-state index in [0.29, 0.717) is 5.95 Å². The quantitative estimate of drug-likeness (QED) is 0.187. The van der Waals surface area contributed by atoms with Crippen molar-refractivity contribution in [3.05, 3.63) is 170 Å². The average Bonchev–Trinajstić information content (AvgIpc) is 3.89. The molecule has 0 N–H and O–H groups in total. The summed E-state index contributed by atoms with van der Waals surface area (Å²) in [7, 11) is 0. The minimum absolute atomic E-state index is 0.638. The Hall–Kier alpha value is -7.31. The Labute approximate surface area is 302 Å². The van der Waals surface area contributed by atoms with E-state index in [2.05, 4.69) is 171 Å². The van der Waals surface area contributed by atoms with Crippen LogP contribution in [0.25, 0.3) is 105 Å². The van der Waals surface area contributed by atoms with E-state index in [-0.39, 0.29) is 0 Å². The van der Waals surface area contributed by atoms with Crippen LogP contribution < -0.4 is 0 Å². The van der Waals surface area contributed by atoms with Crippen LogP contribution in [0.2, 0.25) is 0 Å². The van der Waals surface area contributed by atoms with Crippen molar-refractivity contribution in [2.24, 2.45) is 0 Å². The number of nitrogens with zero attached hydrogens (tertiary/aromatic N) is 6. The zero-order chi connectivity index (χ0) is 34.6. The molecule has 6 heteroatoms. The first-order valence-electron chi connectivity index (χ1n) is 17.9. The number of hydrogen-bond acceptors (Lipinski definition) is 3. The molecule has 0 atom stereocenters. The van der Waals surface area contributed by atoms with Crippen LogP contribution in [0.1, 0.15) is 0 Å². The van der Waals surface area contributed by atoms with E-state index >= 15 is 0 Å². The van der Waals surface area contributed by atoms with Crippen molar-refractivity contribution >= 4 is 82.1 Å². The summed E-state index contributed by atoms with van der Waals surface area (Å²) < 4.78 is 7.01. The van der Waals surface area contributed by atoms with Crippen molar-refractivity contribution in [1.82, 2.24) is 28.5 Å². The Morgan fingerprint density at radius 1 is 0.358 bits per heavy atom. The molecular weight excluding hydrogens is 649 g/mol. The third-order valence-electron chi connectivity index (χ3n) is 10.8. The van der Waals surface area contributed by atoms with E-state index in [4.69, 9.17) is 15.0 Å². The fourth-order valence-corrected chi connectivity index (χ4v) is 8.65. The summed E-state index contributed by atoms with van der Waals surface area (Å²) >= 11 is 0. The Morgan fingerprint density at radius 3 is 1.74 bits per heavy atom. The smallest absolute Gasteiger partial charge is 0.235 e. The average molecular weight is 677 g/mol. The second kappa shape index (κ2) is 10.6. The van der Waals surface area contributed by atoms with Gasteiger partial charge in [0.2, 0.25) is 5.95 Å². The molecule has 0 saturated heterocycles. The predicted molar refractivity (Wildman–Crippen MR) is 217 cm³/mol. The van der Waals surface area contributed by atoms with Crippen LogP contribution in [0.4, 0.5) is 0 Å². The molecular formula is C47H28N6. The molecule has 5 heterocycles. The molecule has 7 aromatic carbocycles. The first-order chi connectivity index (χ1) is 26.3. The van der Waals surface area contributed by atoms with Crippen LogP contribution >= 0.6 is 0 Å². The van der Waals surface area contributed by atoms with Gasteiger partial charge in [0.1, 0.15) is 11.3 Å². The van der Waals surface area contributed by atoms with Crippen LogP contribution in [-0.2, 0) is 0 Å². The monoisotopic (exact) mass is 676 g/mol. The van der Waals surface area contributed by atoms with Gasteiger partial charge in [-0.2, -0.15) is 0 Å². The number of hydrogen-bond donors (Lipinski definition) is 0. The van der Waals surface area contributed by atoms with Crippen molar-refractivity contribution in [3.8, 4) is 22.9 Å². The molecule has 0 aliphatic rings. The second-order valence-corrected chi connectivity index (χ2v) is 13.6. The Bertz CT molecular complexity index is 3450. The molecule has 0 bridgehead atoms. The summed E-state index contributed by atoms with van der Waals surface area (Å²) in [5.41, 5.74) is 11.3. The number of para-hydroxylation sites is 6. The molecule has 0 spiro atoms. The van der Waals surface area contributed by atoms with Gasteiger partial charge < -0.3 is 0 Å². The van der Waals surface area contributed by atoms with Gasteiger partial charge in [-0.05, 0) is 53.9 Å². The summed E-state index contributed by atoms with van der Waals surface area (Å²) in [6, 6.07) is 59.8. The van der Waals surface area contributed by atoms with Crippen LogP contribution in [0.3, 0.4) is 0 Å². The molecule has 12 rings (SSSR count). The standard InChI is InChI=1S/C47H28N6/c1-3-15-29(16-4-1)44-31-19-7-10-22-35(31)49-47(50-44)52-38-25-13-9-21-33(38)42-40(52)28-27-34-41-32-20-8-12-24-37(32)51(30-17-5-2-6-18-30)46(41)53-39-26-14-11-23-36(39)48-45(53)43(34)42/h1-28H. The molecule has 0 saturated carbocycles. The van der Waals surface area contributed by atoms with Crippen LogP contribution in [0, 0.1) is 0 Å². The summed E-state index contributed by atoms with van der Waals surface area (Å²) in [5, 5.41) is 7.96. The maximum atomic E-state index is 5.44. The van der Waals surface area contributed by atoms with Gasteiger partial charge in [-0.25, -0.2) is 15.0 Å². The maximum absolute atomic E-state index is 5.44. The second-order valence-electron chi connectivity index (χ2n) is 13.6. The van der Waals surface area contributed by atoms with E-state index in [1.807, 2.05) is 12.1 Å². The highest BCUT2D eigenvalue weighted by Gasteiger charge is 2.25. The summed E-state index contributed by atoms with van der Waals surface area (Å²) in [6.07, 6.45) is 0. The van der Waals surface area contributed by atoms with Crippen molar-refractivity contribution in [2.45, 2.75) is 0 Å². The summed E-state index contributed by atoms with van der Waals surface area (Å²) in [4.78, 5) is 16.0. The Balaban J connectivity index is 1.31. The minimum Gasteiger partial charge on any atom is -0.295 e. The van der Waals surface area contributed by atoms with Gasteiger partial charge in [-0.3, -0.25) is 13.5 Å². The largest absolute Gasteiger partial charge is 0.295 e. The molecule has 53 heavy (non-hydrogen) atoms. The third kappa shape index (κ3) is 3.84. The Morgan fingerprint density at radius 2 is 0.962 bits per heavy atom. The van der Waals surface area contributed by atoms with Crippen LogP contribution in [0.15, 0.2) is 170 Å². The van der Waals surface area contributed by atoms with Crippen molar-refractivity contribution in [1.29, 1.82) is 0 Å². The SMILES string of the molecule is c1ccc(-c2nc(-n3c4ccccc4c4c5c(ccc43)c3c4ccccc4n(-c4ccccc4)c3n3c4ccccc4nc53)nc3ccccc23)cc1. The fraction of sp³-hybridized carbons (Fsp3) is 0. The highest BCUT2D eigenvalue weighted by Crippen LogP contribution is 2.45. The first-order valence-corrected chi connectivity index (χ1v) is 17.9.